The Balaban J connectivity index is 1.91. The van der Waals surface area contributed by atoms with E-state index in [2.05, 4.69) is 30.4 Å². The summed E-state index contributed by atoms with van der Waals surface area (Å²) in [5.74, 6) is 1.02. The molecule has 94 valence electrons. The van der Waals surface area contributed by atoms with Crippen molar-refractivity contribution >= 4 is 16.3 Å². The van der Waals surface area contributed by atoms with Crippen LogP contribution in [-0.2, 0) is 13.1 Å². The van der Waals surface area contributed by atoms with E-state index in [1.165, 1.54) is 5.69 Å². The highest BCUT2D eigenvalue weighted by Gasteiger charge is 2.09. The number of nitrogens with zero attached hydrogens (tertiary/aromatic N) is 4. The molecule has 0 spiro atoms. The Morgan fingerprint density at radius 2 is 2.33 bits per heavy atom. The fourth-order valence-corrected chi connectivity index (χ4v) is 2.79. The first-order valence-corrected chi connectivity index (χ1v) is 6.72. The Morgan fingerprint density at radius 3 is 3.11 bits per heavy atom. The van der Waals surface area contributed by atoms with Crippen molar-refractivity contribution in [3.05, 3.63) is 41.2 Å². The van der Waals surface area contributed by atoms with Crippen LogP contribution >= 0.6 is 11.3 Å². The number of thiazole rings is 1. The molecule has 0 unspecified atom stereocenters. The average Bonchev–Trinajstić information content (AvgIpc) is 2.99. The van der Waals surface area contributed by atoms with Gasteiger partial charge in [-0.05, 0) is 14.0 Å². The van der Waals surface area contributed by atoms with Crippen LogP contribution in [0.2, 0.25) is 0 Å². The maximum Gasteiger partial charge on any atom is 0.193 e. The molecule has 6 heteroatoms. The summed E-state index contributed by atoms with van der Waals surface area (Å²) in [5.41, 5.74) is 2.26. The van der Waals surface area contributed by atoms with E-state index < -0.39 is 0 Å². The van der Waals surface area contributed by atoms with Crippen molar-refractivity contribution in [1.29, 1.82) is 0 Å². The summed E-state index contributed by atoms with van der Waals surface area (Å²) in [7, 11) is 1.94. The van der Waals surface area contributed by atoms with E-state index in [1.807, 2.05) is 31.7 Å². The average molecular weight is 261 g/mol. The lowest BCUT2D eigenvalue weighted by molar-refractivity contribution is 0.669. The van der Waals surface area contributed by atoms with E-state index in [0.29, 0.717) is 0 Å². The second-order valence-corrected chi connectivity index (χ2v) is 5.11. The van der Waals surface area contributed by atoms with Gasteiger partial charge in [0, 0.05) is 30.5 Å². The van der Waals surface area contributed by atoms with Crippen LogP contribution in [0.3, 0.4) is 0 Å². The van der Waals surface area contributed by atoms with Crippen molar-refractivity contribution in [2.24, 2.45) is 0 Å². The van der Waals surface area contributed by atoms with Crippen LogP contribution < -0.4 is 5.32 Å². The summed E-state index contributed by atoms with van der Waals surface area (Å²) in [6, 6.07) is 0. The molecule has 0 aliphatic rings. The molecule has 0 aliphatic carbocycles. The highest BCUT2D eigenvalue weighted by molar-refractivity contribution is 7.15. The van der Waals surface area contributed by atoms with Crippen molar-refractivity contribution < 1.29 is 0 Å². The zero-order valence-electron chi connectivity index (χ0n) is 10.4. The normalized spacial score (nSPS) is 11.4. The molecule has 0 atom stereocenters. The minimum absolute atomic E-state index is 0.775. The third-order valence-corrected chi connectivity index (χ3v) is 3.73. The fourth-order valence-electron chi connectivity index (χ4n) is 2.07. The molecule has 0 bridgehead atoms. The minimum atomic E-state index is 0.775. The maximum absolute atomic E-state index is 4.60. The molecular formula is C12H15N5S. The molecule has 0 amide bonds. The third kappa shape index (κ3) is 1.93. The Hall–Kier alpha value is -1.66. The Labute approximate surface area is 109 Å². The van der Waals surface area contributed by atoms with E-state index in [4.69, 9.17) is 0 Å². The summed E-state index contributed by atoms with van der Waals surface area (Å²) < 4.78 is 4.26. The summed E-state index contributed by atoms with van der Waals surface area (Å²) in [4.78, 5) is 10.0. The number of aryl methyl sites for hydroxylation is 1. The second kappa shape index (κ2) is 4.55. The van der Waals surface area contributed by atoms with Crippen molar-refractivity contribution in [2.75, 3.05) is 7.05 Å². The molecule has 0 fully saturated rings. The quantitative estimate of drug-likeness (QED) is 0.777. The Kier molecular flexibility index (Phi) is 2.89. The smallest absolute Gasteiger partial charge is 0.193 e. The number of hydrogen-bond donors (Lipinski definition) is 1. The number of hydrogen-bond acceptors (Lipinski definition) is 4. The van der Waals surface area contributed by atoms with Gasteiger partial charge in [-0.3, -0.25) is 4.40 Å². The highest BCUT2D eigenvalue weighted by atomic mass is 32.1. The van der Waals surface area contributed by atoms with Gasteiger partial charge in [0.2, 0.25) is 0 Å². The van der Waals surface area contributed by atoms with E-state index >= 15 is 0 Å². The number of fused-ring (bicyclic) bond motifs is 1. The van der Waals surface area contributed by atoms with Gasteiger partial charge in [0.05, 0.1) is 17.9 Å². The van der Waals surface area contributed by atoms with Crippen LogP contribution in [0.15, 0.2) is 24.0 Å². The number of rotatable bonds is 4. The molecule has 3 aromatic heterocycles. The van der Waals surface area contributed by atoms with Crippen LogP contribution in [0.25, 0.3) is 4.96 Å². The number of imidazole rings is 2. The molecule has 0 radical (unpaired) electrons. The SMILES string of the molecule is CNCc1cnc(C)n1Cc1cn2ccsc2n1. The molecule has 0 saturated heterocycles. The molecule has 1 N–H and O–H groups in total. The largest absolute Gasteiger partial charge is 0.325 e. The van der Waals surface area contributed by atoms with Crippen LogP contribution in [0, 0.1) is 6.92 Å². The third-order valence-electron chi connectivity index (χ3n) is 2.96. The molecule has 3 rings (SSSR count). The van der Waals surface area contributed by atoms with Gasteiger partial charge in [0.1, 0.15) is 5.82 Å². The second-order valence-electron chi connectivity index (χ2n) is 4.24. The summed E-state index contributed by atoms with van der Waals surface area (Å²) in [6.45, 7) is 3.62. The summed E-state index contributed by atoms with van der Waals surface area (Å²) in [5, 5.41) is 5.20. The molecule has 0 aromatic carbocycles. The Morgan fingerprint density at radius 1 is 1.44 bits per heavy atom. The lowest BCUT2D eigenvalue weighted by atomic mass is 10.4. The van der Waals surface area contributed by atoms with Gasteiger partial charge in [-0.1, -0.05) is 0 Å². The van der Waals surface area contributed by atoms with Crippen LogP contribution in [0.5, 0.6) is 0 Å². The molecule has 3 heterocycles. The van der Waals surface area contributed by atoms with Gasteiger partial charge < -0.3 is 9.88 Å². The molecule has 0 saturated carbocycles. The lowest BCUT2D eigenvalue weighted by Gasteiger charge is -2.07. The first-order chi connectivity index (χ1) is 8.78. The van der Waals surface area contributed by atoms with Gasteiger partial charge >= 0.3 is 0 Å². The molecule has 5 nitrogen and oxygen atoms in total. The first kappa shape index (κ1) is 11.4. The van der Waals surface area contributed by atoms with Gasteiger partial charge in [-0.15, -0.1) is 11.3 Å². The standard InChI is InChI=1S/C12H15N5S/c1-9-14-6-11(5-13-2)17(9)8-10-7-16-3-4-18-12(16)15-10/h3-4,6-7,13H,5,8H2,1-2H3. The van der Waals surface area contributed by atoms with E-state index in [-0.39, 0.29) is 0 Å². The van der Waals surface area contributed by atoms with Crippen LogP contribution in [-0.4, -0.2) is 26.0 Å². The fraction of sp³-hybridized carbons (Fsp3) is 0.333. The zero-order chi connectivity index (χ0) is 12.5. The summed E-state index contributed by atoms with van der Waals surface area (Å²) >= 11 is 1.65. The Bertz CT molecular complexity index is 634. The van der Waals surface area contributed by atoms with Crippen LogP contribution in [0.4, 0.5) is 0 Å². The predicted octanol–water partition coefficient (Wildman–Crippen LogP) is 1.67. The highest BCUT2D eigenvalue weighted by Crippen LogP contribution is 2.14. The van der Waals surface area contributed by atoms with E-state index in [0.717, 1.165) is 29.6 Å². The van der Waals surface area contributed by atoms with Crippen LogP contribution in [0.1, 0.15) is 17.2 Å². The van der Waals surface area contributed by atoms with Gasteiger partial charge in [0.15, 0.2) is 4.96 Å². The predicted molar refractivity (Wildman–Crippen MR) is 71.9 cm³/mol. The van der Waals surface area contributed by atoms with Gasteiger partial charge in [0.25, 0.3) is 0 Å². The minimum Gasteiger partial charge on any atom is -0.325 e. The monoisotopic (exact) mass is 261 g/mol. The van der Waals surface area contributed by atoms with Crippen molar-refractivity contribution in [3.63, 3.8) is 0 Å². The molecule has 18 heavy (non-hydrogen) atoms. The van der Waals surface area contributed by atoms with E-state index in [1.54, 1.807) is 11.3 Å². The number of nitrogens with one attached hydrogen (secondary N) is 1. The molecule has 0 aliphatic heterocycles. The lowest BCUT2D eigenvalue weighted by Crippen LogP contribution is -2.13. The van der Waals surface area contributed by atoms with Crippen molar-refractivity contribution in [1.82, 2.24) is 24.3 Å². The summed E-state index contributed by atoms with van der Waals surface area (Å²) in [6.07, 6.45) is 6.03. The molecular weight excluding hydrogens is 246 g/mol. The first-order valence-electron chi connectivity index (χ1n) is 5.84. The number of aromatic nitrogens is 4. The zero-order valence-corrected chi connectivity index (χ0v) is 11.2. The maximum atomic E-state index is 4.60. The van der Waals surface area contributed by atoms with Crippen molar-refractivity contribution in [3.8, 4) is 0 Å². The van der Waals surface area contributed by atoms with Crippen molar-refractivity contribution in [2.45, 2.75) is 20.0 Å². The molecule has 3 aromatic rings. The van der Waals surface area contributed by atoms with Gasteiger partial charge in [-0.2, -0.15) is 0 Å². The van der Waals surface area contributed by atoms with Gasteiger partial charge in [-0.25, -0.2) is 9.97 Å². The topological polar surface area (TPSA) is 47.2 Å². The van der Waals surface area contributed by atoms with E-state index in [9.17, 15) is 0 Å².